The van der Waals surface area contributed by atoms with Gasteiger partial charge in [-0.2, -0.15) is 0 Å². The van der Waals surface area contributed by atoms with Crippen molar-refractivity contribution in [2.75, 3.05) is 0 Å². The Bertz CT molecular complexity index is 454. The van der Waals surface area contributed by atoms with E-state index < -0.39 is 13.1 Å². The average molecular weight is 298 g/mol. The standard InChI is InChI=1S/C15H23O4P/c1-12(2)18-20(17,19-13(3)4)15(16)11-10-14-8-6-5-7-9-14/h5-9,12-13H,10-11H2,1-4H3. The van der Waals surface area contributed by atoms with E-state index in [0.29, 0.717) is 6.42 Å². The lowest BCUT2D eigenvalue weighted by Gasteiger charge is -2.21. The van der Waals surface area contributed by atoms with E-state index in [1.165, 1.54) is 0 Å². The van der Waals surface area contributed by atoms with E-state index in [-0.39, 0.29) is 18.6 Å². The maximum absolute atomic E-state index is 12.6. The zero-order chi connectivity index (χ0) is 15.2. The van der Waals surface area contributed by atoms with Crippen LogP contribution >= 0.6 is 7.60 Å². The van der Waals surface area contributed by atoms with Crippen molar-refractivity contribution in [2.24, 2.45) is 0 Å². The van der Waals surface area contributed by atoms with Gasteiger partial charge in [0.15, 0.2) is 0 Å². The van der Waals surface area contributed by atoms with Gasteiger partial charge in [-0.15, -0.1) is 0 Å². The molecule has 4 nitrogen and oxygen atoms in total. The Morgan fingerprint density at radius 3 is 2.00 bits per heavy atom. The molecule has 1 rings (SSSR count). The summed E-state index contributed by atoms with van der Waals surface area (Å²) in [5.41, 5.74) is 0.574. The van der Waals surface area contributed by atoms with Crippen LogP contribution < -0.4 is 0 Å². The molecule has 0 unspecified atom stereocenters. The Kier molecular flexibility index (Phi) is 6.60. The second kappa shape index (κ2) is 7.72. The van der Waals surface area contributed by atoms with Gasteiger partial charge >= 0.3 is 7.60 Å². The fourth-order valence-electron chi connectivity index (χ4n) is 1.73. The van der Waals surface area contributed by atoms with Gasteiger partial charge < -0.3 is 9.05 Å². The molecular weight excluding hydrogens is 275 g/mol. The number of carbonyl (C=O) groups excluding carboxylic acids is 1. The van der Waals surface area contributed by atoms with Crippen LogP contribution in [0.15, 0.2) is 30.3 Å². The van der Waals surface area contributed by atoms with Gasteiger partial charge in [-0.3, -0.25) is 9.36 Å². The minimum Gasteiger partial charge on any atom is -0.300 e. The number of carbonyl (C=O) groups is 1. The summed E-state index contributed by atoms with van der Waals surface area (Å²) < 4.78 is 23.1. The van der Waals surface area contributed by atoms with Crippen molar-refractivity contribution in [1.82, 2.24) is 0 Å². The maximum Gasteiger partial charge on any atom is 0.397 e. The molecule has 0 bridgehead atoms. The summed E-state index contributed by atoms with van der Waals surface area (Å²) in [6.45, 7) is 6.95. The third-order valence-electron chi connectivity index (χ3n) is 2.47. The first-order valence-corrected chi connectivity index (χ1v) is 8.42. The third kappa shape index (κ3) is 5.58. The maximum atomic E-state index is 12.6. The van der Waals surface area contributed by atoms with Gasteiger partial charge in [-0.25, -0.2) is 0 Å². The highest BCUT2D eigenvalue weighted by Crippen LogP contribution is 2.52. The fraction of sp³-hybridized carbons (Fsp3) is 0.533. The molecular formula is C15H23O4P. The highest BCUT2D eigenvalue weighted by atomic mass is 31.2. The van der Waals surface area contributed by atoms with Crippen LogP contribution in [0.4, 0.5) is 0 Å². The van der Waals surface area contributed by atoms with Crippen molar-refractivity contribution in [3.8, 4) is 0 Å². The van der Waals surface area contributed by atoms with E-state index >= 15 is 0 Å². The van der Waals surface area contributed by atoms with Crippen LogP contribution in [-0.4, -0.2) is 17.7 Å². The summed E-state index contributed by atoms with van der Waals surface area (Å²) in [7, 11) is -3.70. The molecule has 0 radical (unpaired) electrons. The lowest BCUT2D eigenvalue weighted by Crippen LogP contribution is -2.14. The van der Waals surface area contributed by atoms with E-state index in [1.807, 2.05) is 30.3 Å². The van der Waals surface area contributed by atoms with Crippen LogP contribution in [-0.2, 0) is 24.8 Å². The minimum atomic E-state index is -3.70. The molecule has 20 heavy (non-hydrogen) atoms. The highest BCUT2D eigenvalue weighted by molar-refractivity contribution is 7.71. The molecule has 0 aliphatic carbocycles. The van der Waals surface area contributed by atoms with E-state index in [0.717, 1.165) is 5.56 Å². The Morgan fingerprint density at radius 1 is 1.05 bits per heavy atom. The zero-order valence-electron chi connectivity index (χ0n) is 12.5. The minimum absolute atomic E-state index is 0.154. The van der Waals surface area contributed by atoms with Gasteiger partial charge in [-0.05, 0) is 39.7 Å². The molecule has 0 fully saturated rings. The number of benzene rings is 1. The van der Waals surface area contributed by atoms with E-state index in [1.54, 1.807) is 27.7 Å². The van der Waals surface area contributed by atoms with Crippen molar-refractivity contribution in [3.05, 3.63) is 35.9 Å². The van der Waals surface area contributed by atoms with Crippen molar-refractivity contribution in [3.63, 3.8) is 0 Å². The number of aryl methyl sites for hydroxylation is 1. The largest absolute Gasteiger partial charge is 0.397 e. The molecule has 1 aromatic carbocycles. The van der Waals surface area contributed by atoms with Crippen molar-refractivity contribution < 1.29 is 18.4 Å². The highest BCUT2D eigenvalue weighted by Gasteiger charge is 2.36. The van der Waals surface area contributed by atoms with Gasteiger partial charge in [0.05, 0.1) is 12.2 Å². The second-order valence-corrected chi connectivity index (χ2v) is 7.10. The molecule has 0 aliphatic heterocycles. The molecule has 112 valence electrons. The van der Waals surface area contributed by atoms with E-state index in [2.05, 4.69) is 0 Å². The summed E-state index contributed by atoms with van der Waals surface area (Å²) in [5, 5.41) is 0. The summed E-state index contributed by atoms with van der Waals surface area (Å²) in [6.07, 6.45) is 0.0494. The molecule has 0 N–H and O–H groups in total. The van der Waals surface area contributed by atoms with Crippen LogP contribution in [0.1, 0.15) is 39.7 Å². The van der Waals surface area contributed by atoms with E-state index in [4.69, 9.17) is 9.05 Å². The summed E-state index contributed by atoms with van der Waals surface area (Å²) in [5.74, 6) is 0. The summed E-state index contributed by atoms with van der Waals surface area (Å²) in [4.78, 5) is 12.2. The molecule has 0 atom stereocenters. The molecule has 0 heterocycles. The molecule has 0 aromatic heterocycles. The van der Waals surface area contributed by atoms with Crippen LogP contribution in [0, 0.1) is 0 Å². The molecule has 0 aliphatic rings. The fourth-order valence-corrected chi connectivity index (χ4v) is 3.51. The normalized spacial score (nSPS) is 12.1. The molecule has 0 amide bonds. The smallest absolute Gasteiger partial charge is 0.300 e. The van der Waals surface area contributed by atoms with Crippen LogP contribution in [0.2, 0.25) is 0 Å². The summed E-state index contributed by atoms with van der Waals surface area (Å²) in [6, 6.07) is 9.61. The van der Waals surface area contributed by atoms with Crippen molar-refractivity contribution >= 4 is 13.1 Å². The SMILES string of the molecule is CC(C)OP(=O)(OC(C)C)C(=O)CCc1ccccc1. The number of hydrogen-bond acceptors (Lipinski definition) is 4. The molecule has 5 heteroatoms. The van der Waals surface area contributed by atoms with Crippen LogP contribution in [0.3, 0.4) is 0 Å². The van der Waals surface area contributed by atoms with Crippen LogP contribution in [0.25, 0.3) is 0 Å². The first-order valence-electron chi connectivity index (χ1n) is 6.87. The summed E-state index contributed by atoms with van der Waals surface area (Å²) >= 11 is 0. The second-order valence-electron chi connectivity index (χ2n) is 5.19. The van der Waals surface area contributed by atoms with Crippen molar-refractivity contribution in [1.29, 1.82) is 0 Å². The quantitative estimate of drug-likeness (QED) is 0.675. The average Bonchev–Trinajstić information content (AvgIpc) is 2.35. The van der Waals surface area contributed by atoms with Gasteiger partial charge in [0.2, 0.25) is 5.52 Å². The topological polar surface area (TPSA) is 52.6 Å². The Hall–Kier alpha value is -0.960. The first kappa shape index (κ1) is 17.1. The molecule has 0 spiro atoms. The Morgan fingerprint density at radius 2 is 1.55 bits per heavy atom. The Labute approximate surface area is 121 Å². The first-order chi connectivity index (χ1) is 9.33. The lowest BCUT2D eigenvalue weighted by atomic mass is 10.1. The monoisotopic (exact) mass is 298 g/mol. The number of rotatable bonds is 8. The lowest BCUT2D eigenvalue weighted by molar-refractivity contribution is -0.114. The van der Waals surface area contributed by atoms with Crippen molar-refractivity contribution in [2.45, 2.75) is 52.7 Å². The predicted octanol–water partition coefficient (Wildman–Crippen LogP) is 4.19. The van der Waals surface area contributed by atoms with Gasteiger partial charge in [0, 0.05) is 6.42 Å². The van der Waals surface area contributed by atoms with Gasteiger partial charge in [0.1, 0.15) is 0 Å². The number of hydrogen-bond donors (Lipinski definition) is 0. The molecule has 0 saturated carbocycles. The van der Waals surface area contributed by atoms with Gasteiger partial charge in [-0.1, -0.05) is 30.3 Å². The van der Waals surface area contributed by atoms with E-state index in [9.17, 15) is 9.36 Å². The third-order valence-corrected chi connectivity index (χ3v) is 4.71. The zero-order valence-corrected chi connectivity index (χ0v) is 13.4. The Balaban J connectivity index is 2.71. The molecule has 0 saturated heterocycles. The predicted molar refractivity (Wildman–Crippen MR) is 79.8 cm³/mol. The van der Waals surface area contributed by atoms with Gasteiger partial charge in [0.25, 0.3) is 0 Å². The molecule has 1 aromatic rings. The van der Waals surface area contributed by atoms with Crippen LogP contribution in [0.5, 0.6) is 0 Å².